The average molecular weight is 356 g/mol. The Labute approximate surface area is 152 Å². The predicted molar refractivity (Wildman–Crippen MR) is 94.9 cm³/mol. The number of fused-ring (bicyclic) bond motifs is 1. The van der Waals surface area contributed by atoms with Crippen LogP contribution in [0, 0.1) is 0 Å². The van der Waals surface area contributed by atoms with Gasteiger partial charge in [0.1, 0.15) is 6.04 Å². The smallest absolute Gasteiger partial charge is 0.255 e. The lowest BCUT2D eigenvalue weighted by Gasteiger charge is -2.29. The molecular weight excluding hydrogens is 332 g/mol. The van der Waals surface area contributed by atoms with Crippen molar-refractivity contribution in [2.75, 3.05) is 0 Å². The van der Waals surface area contributed by atoms with Gasteiger partial charge < -0.3 is 16.0 Å². The molecule has 1 aromatic carbocycles. The van der Waals surface area contributed by atoms with Gasteiger partial charge in [0, 0.05) is 37.2 Å². The van der Waals surface area contributed by atoms with E-state index in [1.54, 1.807) is 4.90 Å². The van der Waals surface area contributed by atoms with Gasteiger partial charge in [-0.1, -0.05) is 12.1 Å². The van der Waals surface area contributed by atoms with Gasteiger partial charge in [-0.25, -0.2) is 0 Å². The van der Waals surface area contributed by atoms with Crippen molar-refractivity contribution in [1.29, 1.82) is 0 Å². The zero-order chi connectivity index (χ0) is 18.3. The number of hydrogen-bond donors (Lipinski definition) is 3. The molecule has 3 aliphatic rings. The first kappa shape index (κ1) is 17.2. The fourth-order valence-electron chi connectivity index (χ4n) is 4.18. The van der Waals surface area contributed by atoms with Crippen molar-refractivity contribution < 1.29 is 14.4 Å². The third kappa shape index (κ3) is 3.24. The van der Waals surface area contributed by atoms with Crippen molar-refractivity contribution in [3.63, 3.8) is 0 Å². The Morgan fingerprint density at radius 1 is 1.19 bits per heavy atom. The number of nitrogens with zero attached hydrogens (tertiary/aromatic N) is 1. The molecule has 4 N–H and O–H groups in total. The Morgan fingerprint density at radius 2 is 2.04 bits per heavy atom. The van der Waals surface area contributed by atoms with Crippen molar-refractivity contribution in [2.24, 2.45) is 5.73 Å². The lowest BCUT2D eigenvalue weighted by Crippen LogP contribution is -2.52. The average Bonchev–Trinajstić information content (AvgIpc) is 3.17. The van der Waals surface area contributed by atoms with Crippen LogP contribution in [0.5, 0.6) is 0 Å². The Kier molecular flexibility index (Phi) is 4.50. The number of benzene rings is 1. The normalized spacial score (nSPS) is 28.4. The predicted octanol–water partition coefficient (Wildman–Crippen LogP) is 0.417. The van der Waals surface area contributed by atoms with Crippen molar-refractivity contribution in [2.45, 2.75) is 63.3 Å². The molecule has 1 aliphatic carbocycles. The van der Waals surface area contributed by atoms with E-state index in [-0.39, 0.29) is 30.2 Å². The first-order chi connectivity index (χ1) is 12.5. The van der Waals surface area contributed by atoms with Gasteiger partial charge in [-0.2, -0.15) is 0 Å². The molecule has 3 amide bonds. The number of imide groups is 1. The van der Waals surface area contributed by atoms with E-state index in [1.165, 1.54) is 0 Å². The molecule has 4 rings (SSSR count). The zero-order valence-electron chi connectivity index (χ0n) is 14.7. The maximum Gasteiger partial charge on any atom is 0.255 e. The molecule has 1 unspecified atom stereocenters. The van der Waals surface area contributed by atoms with Crippen LogP contribution in [0.25, 0.3) is 0 Å². The second kappa shape index (κ2) is 6.81. The molecule has 2 aliphatic heterocycles. The Hall–Kier alpha value is -2.25. The number of nitrogens with one attached hydrogen (secondary N) is 2. The summed E-state index contributed by atoms with van der Waals surface area (Å²) in [6, 6.07) is 6.09. The number of piperidine rings is 1. The maximum absolute atomic E-state index is 12.8. The van der Waals surface area contributed by atoms with E-state index in [1.807, 2.05) is 18.2 Å². The van der Waals surface area contributed by atoms with Gasteiger partial charge in [-0.05, 0) is 42.9 Å². The molecule has 7 nitrogen and oxygen atoms in total. The topological polar surface area (TPSA) is 105 Å². The monoisotopic (exact) mass is 356 g/mol. The highest BCUT2D eigenvalue weighted by Gasteiger charge is 2.39. The number of amides is 3. The molecule has 2 fully saturated rings. The van der Waals surface area contributed by atoms with Crippen molar-refractivity contribution in [3.8, 4) is 0 Å². The van der Waals surface area contributed by atoms with Crippen LogP contribution in [-0.4, -0.2) is 40.7 Å². The summed E-state index contributed by atoms with van der Waals surface area (Å²) in [6.45, 7) is 1.13. The van der Waals surface area contributed by atoms with Gasteiger partial charge in [0.2, 0.25) is 11.8 Å². The molecule has 3 atom stereocenters. The van der Waals surface area contributed by atoms with Gasteiger partial charge in [-0.15, -0.1) is 0 Å². The summed E-state index contributed by atoms with van der Waals surface area (Å²) in [4.78, 5) is 37.8. The second-order valence-electron chi connectivity index (χ2n) is 7.54. The lowest BCUT2D eigenvalue weighted by atomic mass is 10.0. The summed E-state index contributed by atoms with van der Waals surface area (Å²) in [6.07, 6.45) is 3.80. The van der Waals surface area contributed by atoms with Gasteiger partial charge in [0.25, 0.3) is 5.91 Å². The minimum Gasteiger partial charge on any atom is -0.328 e. The molecule has 0 bridgehead atoms. The number of carbonyl (C=O) groups excluding carboxylic acids is 3. The van der Waals surface area contributed by atoms with E-state index in [4.69, 9.17) is 5.73 Å². The summed E-state index contributed by atoms with van der Waals surface area (Å²) in [5.41, 5.74) is 8.61. The van der Waals surface area contributed by atoms with Crippen LogP contribution >= 0.6 is 0 Å². The van der Waals surface area contributed by atoms with Crippen LogP contribution in [0.4, 0.5) is 0 Å². The van der Waals surface area contributed by atoms with Crippen LogP contribution in [0.3, 0.4) is 0 Å². The number of carbonyl (C=O) groups is 3. The lowest BCUT2D eigenvalue weighted by molar-refractivity contribution is -0.136. The highest BCUT2D eigenvalue weighted by Crippen LogP contribution is 2.28. The largest absolute Gasteiger partial charge is 0.328 e. The minimum atomic E-state index is -0.561. The Balaban J connectivity index is 1.43. The van der Waals surface area contributed by atoms with Crippen LogP contribution in [0.15, 0.2) is 18.2 Å². The summed E-state index contributed by atoms with van der Waals surface area (Å²) in [7, 11) is 0. The minimum absolute atomic E-state index is 0.126. The third-order valence-electron chi connectivity index (χ3n) is 5.66. The molecule has 26 heavy (non-hydrogen) atoms. The highest BCUT2D eigenvalue weighted by atomic mass is 16.2. The van der Waals surface area contributed by atoms with Gasteiger partial charge in [0.05, 0.1) is 0 Å². The van der Waals surface area contributed by atoms with E-state index in [0.717, 1.165) is 30.4 Å². The van der Waals surface area contributed by atoms with E-state index in [2.05, 4.69) is 10.6 Å². The fourth-order valence-corrected chi connectivity index (χ4v) is 4.18. The van der Waals surface area contributed by atoms with Crippen molar-refractivity contribution in [1.82, 2.24) is 15.5 Å². The van der Waals surface area contributed by atoms with Crippen molar-refractivity contribution >= 4 is 17.7 Å². The maximum atomic E-state index is 12.8. The van der Waals surface area contributed by atoms with E-state index in [0.29, 0.717) is 31.1 Å². The zero-order valence-corrected chi connectivity index (χ0v) is 14.7. The van der Waals surface area contributed by atoms with Crippen LogP contribution in [0.2, 0.25) is 0 Å². The molecule has 0 spiro atoms. The van der Waals surface area contributed by atoms with Crippen LogP contribution in [0.1, 0.15) is 53.6 Å². The number of nitrogens with two attached hydrogens (primary N) is 1. The molecule has 1 saturated heterocycles. The molecule has 0 radical (unpaired) electrons. The van der Waals surface area contributed by atoms with E-state index in [9.17, 15) is 14.4 Å². The molecule has 1 saturated carbocycles. The highest BCUT2D eigenvalue weighted by molar-refractivity contribution is 6.05. The molecule has 7 heteroatoms. The van der Waals surface area contributed by atoms with Gasteiger partial charge in [0.15, 0.2) is 0 Å². The second-order valence-corrected chi connectivity index (χ2v) is 7.54. The SMILES string of the molecule is N[C@@H]1CC[C@H](NCc2ccc3c(c2)C(=O)N(C2CCC(=O)NC2=O)C3)C1. The quantitative estimate of drug-likeness (QED) is 0.678. The standard InChI is InChI=1S/C19H24N4O3/c20-13-3-4-14(8-13)21-9-11-1-2-12-10-23(19(26)15(12)7-11)16-5-6-17(24)22-18(16)25/h1-2,7,13-14,16,21H,3-6,8-10,20H2,(H,22,24,25)/t13-,14+,16?/m1/s1. The molecule has 2 heterocycles. The first-order valence-corrected chi connectivity index (χ1v) is 9.26. The number of hydrogen-bond acceptors (Lipinski definition) is 5. The van der Waals surface area contributed by atoms with E-state index >= 15 is 0 Å². The molecule has 1 aromatic rings. The molecule has 138 valence electrons. The third-order valence-corrected chi connectivity index (χ3v) is 5.66. The number of rotatable bonds is 4. The van der Waals surface area contributed by atoms with Gasteiger partial charge >= 0.3 is 0 Å². The van der Waals surface area contributed by atoms with Gasteiger partial charge in [-0.3, -0.25) is 19.7 Å². The van der Waals surface area contributed by atoms with Crippen LogP contribution < -0.4 is 16.4 Å². The summed E-state index contributed by atoms with van der Waals surface area (Å²) >= 11 is 0. The van der Waals surface area contributed by atoms with Crippen molar-refractivity contribution in [3.05, 3.63) is 34.9 Å². The first-order valence-electron chi connectivity index (χ1n) is 9.26. The summed E-state index contributed by atoms with van der Waals surface area (Å²) in [5, 5.41) is 5.84. The molecule has 0 aromatic heterocycles. The summed E-state index contributed by atoms with van der Waals surface area (Å²) < 4.78 is 0. The van der Waals surface area contributed by atoms with E-state index < -0.39 is 6.04 Å². The van der Waals surface area contributed by atoms with Crippen LogP contribution in [-0.2, 0) is 22.7 Å². The Bertz CT molecular complexity index is 763. The fraction of sp³-hybridized carbons (Fsp3) is 0.526. The Morgan fingerprint density at radius 3 is 2.77 bits per heavy atom. The molecular formula is C19H24N4O3. The summed E-state index contributed by atoms with van der Waals surface area (Å²) in [5.74, 6) is -0.767.